The van der Waals surface area contributed by atoms with E-state index < -0.39 is 0 Å². The van der Waals surface area contributed by atoms with Gasteiger partial charge < -0.3 is 0 Å². The largest absolute Gasteiger partial charge is 0.347 e. The first-order valence-corrected chi connectivity index (χ1v) is 11.8. The van der Waals surface area contributed by atoms with Crippen molar-refractivity contribution < 1.29 is 0 Å². The summed E-state index contributed by atoms with van der Waals surface area (Å²) in [6, 6.07) is 25.6. The lowest BCUT2D eigenvalue weighted by molar-refractivity contribution is 0.584. The maximum atomic E-state index is 12.9. The lowest BCUT2D eigenvalue weighted by atomic mass is 9.91. The highest BCUT2D eigenvalue weighted by molar-refractivity contribution is 6.31. The molecule has 4 aromatic rings. The van der Waals surface area contributed by atoms with Crippen molar-refractivity contribution in [3.05, 3.63) is 116 Å². The second kappa shape index (κ2) is 9.49. The van der Waals surface area contributed by atoms with Crippen LogP contribution in [0.5, 0.6) is 0 Å². The van der Waals surface area contributed by atoms with E-state index in [1.165, 1.54) is 4.68 Å². The van der Waals surface area contributed by atoms with Gasteiger partial charge in [-0.2, -0.15) is 5.10 Å². The minimum absolute atomic E-state index is 0.0386. The molecule has 6 nitrogen and oxygen atoms in total. The Labute approximate surface area is 207 Å². The van der Waals surface area contributed by atoms with Crippen LogP contribution in [0, 0.1) is 0 Å². The van der Waals surface area contributed by atoms with E-state index in [2.05, 4.69) is 17.2 Å². The van der Waals surface area contributed by atoms with E-state index in [1.54, 1.807) is 11.6 Å². The number of aryl methyl sites for hydroxylation is 2. The van der Waals surface area contributed by atoms with Crippen LogP contribution in [0.25, 0.3) is 0 Å². The Morgan fingerprint density at radius 3 is 2.24 bits per heavy atom. The molecule has 0 radical (unpaired) electrons. The summed E-state index contributed by atoms with van der Waals surface area (Å²) in [6.07, 6.45) is 0.680. The van der Waals surface area contributed by atoms with E-state index >= 15 is 0 Å². The van der Waals surface area contributed by atoms with Gasteiger partial charge in [-0.05, 0) is 47.4 Å². The molecular weight excluding hydrogens is 469 g/mol. The van der Waals surface area contributed by atoms with Crippen LogP contribution in [0.2, 0.25) is 10.0 Å². The normalized spacial score (nSPS) is 15.6. The fourth-order valence-corrected chi connectivity index (χ4v) is 4.44. The highest BCUT2D eigenvalue weighted by atomic mass is 35.5. The topological polar surface area (TPSA) is 55.4 Å². The summed E-state index contributed by atoms with van der Waals surface area (Å²) in [4.78, 5) is 12.9. The van der Waals surface area contributed by atoms with Crippen molar-refractivity contribution in [1.82, 2.24) is 14.3 Å². The lowest BCUT2D eigenvalue weighted by Gasteiger charge is -2.15. The summed E-state index contributed by atoms with van der Waals surface area (Å²) in [5.74, 6) is 0.558. The maximum Gasteiger partial charge on any atom is 0.347 e. The lowest BCUT2D eigenvalue weighted by Crippen LogP contribution is -2.25. The van der Waals surface area contributed by atoms with Gasteiger partial charge in [0.05, 0.1) is 18.8 Å². The molecule has 1 atom stereocenters. The zero-order chi connectivity index (χ0) is 23.7. The van der Waals surface area contributed by atoms with Crippen LogP contribution in [0.1, 0.15) is 22.6 Å². The minimum atomic E-state index is -0.171. The second-order valence-corrected chi connectivity index (χ2v) is 9.15. The molecule has 1 unspecified atom stereocenters. The molecule has 0 bridgehead atoms. The third kappa shape index (κ3) is 4.52. The summed E-state index contributed by atoms with van der Waals surface area (Å²) in [5, 5.41) is 12.7. The number of benzene rings is 3. The molecule has 5 rings (SSSR count). The molecule has 0 saturated heterocycles. The summed E-state index contributed by atoms with van der Waals surface area (Å²) in [7, 11) is 1.73. The van der Waals surface area contributed by atoms with E-state index in [-0.39, 0.29) is 11.6 Å². The van der Waals surface area contributed by atoms with E-state index in [1.807, 2.05) is 71.7 Å². The van der Waals surface area contributed by atoms with Gasteiger partial charge in [-0.1, -0.05) is 77.8 Å². The summed E-state index contributed by atoms with van der Waals surface area (Å²) in [6.45, 7) is 1.06. The standard InChI is InChI=1S/C26H23Cl2N5O/c1-31-25(30-32(26(31)34)16-15-18-7-11-21(27)12-8-18)33-17-23(19-5-3-2-4-6-19)24(29-33)20-9-13-22(28)14-10-20/h2-14,23H,15-17H2,1H3. The fraction of sp³-hybridized carbons (Fsp3) is 0.192. The van der Waals surface area contributed by atoms with Gasteiger partial charge in [-0.25, -0.2) is 14.5 Å². The summed E-state index contributed by atoms with van der Waals surface area (Å²) >= 11 is 12.1. The first-order valence-electron chi connectivity index (χ1n) is 11.0. The van der Waals surface area contributed by atoms with Crippen LogP contribution in [0.3, 0.4) is 0 Å². The predicted molar refractivity (Wildman–Crippen MR) is 137 cm³/mol. The van der Waals surface area contributed by atoms with Gasteiger partial charge in [-0.15, -0.1) is 5.10 Å². The van der Waals surface area contributed by atoms with Gasteiger partial charge in [0, 0.05) is 23.0 Å². The number of nitrogens with zero attached hydrogens (tertiary/aromatic N) is 5. The van der Waals surface area contributed by atoms with E-state index in [9.17, 15) is 4.79 Å². The number of rotatable bonds is 6. The van der Waals surface area contributed by atoms with Gasteiger partial charge in [0.15, 0.2) is 0 Å². The van der Waals surface area contributed by atoms with Crippen LogP contribution in [0.15, 0.2) is 88.8 Å². The predicted octanol–water partition coefficient (Wildman–Crippen LogP) is 5.14. The number of hydrogen-bond acceptors (Lipinski definition) is 4. The third-order valence-corrected chi connectivity index (χ3v) is 6.53. The Morgan fingerprint density at radius 2 is 1.56 bits per heavy atom. The Morgan fingerprint density at radius 1 is 0.912 bits per heavy atom. The molecule has 2 heterocycles. The highest BCUT2D eigenvalue weighted by Gasteiger charge is 2.32. The maximum absolute atomic E-state index is 12.9. The molecule has 0 saturated carbocycles. The summed E-state index contributed by atoms with van der Waals surface area (Å²) in [5.41, 5.74) is 4.00. The van der Waals surface area contributed by atoms with Gasteiger partial charge in [-0.3, -0.25) is 4.57 Å². The van der Waals surface area contributed by atoms with Crippen LogP contribution < -0.4 is 10.7 Å². The second-order valence-electron chi connectivity index (χ2n) is 8.28. The zero-order valence-corrected chi connectivity index (χ0v) is 20.1. The summed E-state index contributed by atoms with van der Waals surface area (Å²) < 4.78 is 3.05. The number of anilines is 1. The third-order valence-electron chi connectivity index (χ3n) is 6.03. The monoisotopic (exact) mass is 491 g/mol. The quantitative estimate of drug-likeness (QED) is 0.375. The molecular formula is C26H23Cl2N5O. The Hall–Kier alpha value is -3.35. The van der Waals surface area contributed by atoms with Crippen LogP contribution in [0.4, 0.5) is 5.95 Å². The van der Waals surface area contributed by atoms with Gasteiger partial charge in [0.2, 0.25) is 5.95 Å². The van der Waals surface area contributed by atoms with Crippen LogP contribution in [-0.2, 0) is 20.0 Å². The van der Waals surface area contributed by atoms with Crippen molar-refractivity contribution in [2.24, 2.45) is 12.1 Å². The van der Waals surface area contributed by atoms with E-state index in [0.29, 0.717) is 35.5 Å². The van der Waals surface area contributed by atoms with Gasteiger partial charge in [0.25, 0.3) is 0 Å². The fourth-order valence-electron chi connectivity index (χ4n) is 4.19. The zero-order valence-electron chi connectivity index (χ0n) is 18.6. The van der Waals surface area contributed by atoms with Crippen molar-refractivity contribution >= 4 is 34.9 Å². The first kappa shape index (κ1) is 22.4. The number of hydrazone groups is 1. The molecule has 0 aliphatic carbocycles. The molecule has 0 fully saturated rings. The smallest absolute Gasteiger partial charge is 0.263 e. The molecule has 34 heavy (non-hydrogen) atoms. The highest BCUT2D eigenvalue weighted by Crippen LogP contribution is 2.31. The Balaban J connectivity index is 1.45. The average molecular weight is 492 g/mol. The average Bonchev–Trinajstić information content (AvgIpc) is 3.42. The van der Waals surface area contributed by atoms with Crippen LogP contribution >= 0.6 is 23.2 Å². The van der Waals surface area contributed by atoms with Crippen LogP contribution in [-0.4, -0.2) is 26.6 Å². The molecule has 3 aromatic carbocycles. The minimum Gasteiger partial charge on any atom is -0.263 e. The van der Waals surface area contributed by atoms with Crippen molar-refractivity contribution in [3.63, 3.8) is 0 Å². The van der Waals surface area contributed by atoms with Crippen molar-refractivity contribution in [2.45, 2.75) is 18.9 Å². The molecule has 1 aromatic heterocycles. The Kier molecular flexibility index (Phi) is 6.26. The molecule has 8 heteroatoms. The molecule has 0 spiro atoms. The molecule has 0 N–H and O–H groups in total. The van der Waals surface area contributed by atoms with E-state index in [0.717, 1.165) is 22.4 Å². The molecule has 172 valence electrons. The number of aromatic nitrogens is 3. The molecule has 1 aliphatic heterocycles. The van der Waals surface area contributed by atoms with Gasteiger partial charge >= 0.3 is 5.69 Å². The number of hydrogen-bond donors (Lipinski definition) is 0. The van der Waals surface area contributed by atoms with E-state index in [4.69, 9.17) is 28.3 Å². The van der Waals surface area contributed by atoms with Gasteiger partial charge in [0.1, 0.15) is 0 Å². The van der Waals surface area contributed by atoms with Crippen molar-refractivity contribution in [3.8, 4) is 0 Å². The SMILES string of the molecule is Cn1c(N2CC(c3ccccc3)C(c3ccc(Cl)cc3)=N2)nn(CCc2ccc(Cl)cc2)c1=O. The number of halogens is 2. The first-order chi connectivity index (χ1) is 16.5. The molecule has 0 amide bonds. The molecule has 1 aliphatic rings. The van der Waals surface area contributed by atoms with Crippen molar-refractivity contribution in [1.29, 1.82) is 0 Å². The van der Waals surface area contributed by atoms with Crippen molar-refractivity contribution in [2.75, 3.05) is 11.6 Å². The Bertz CT molecular complexity index is 1380.